The number of rotatable bonds is 7. The number of ether oxygens (including phenoxy) is 1. The molecule has 1 atom stereocenters. The fourth-order valence-electron chi connectivity index (χ4n) is 2.39. The van der Waals surface area contributed by atoms with E-state index in [9.17, 15) is 9.59 Å². The Balaban J connectivity index is 1.90. The molecule has 1 aliphatic carbocycles. The van der Waals surface area contributed by atoms with Gasteiger partial charge in [0.15, 0.2) is 6.04 Å². The van der Waals surface area contributed by atoms with Crippen LogP contribution in [0.15, 0.2) is 24.3 Å². The Morgan fingerprint density at radius 1 is 1.44 bits per heavy atom. The monoisotopic (exact) mass is 364 g/mol. The Hall–Kier alpha value is -2.45. The first-order valence-corrected chi connectivity index (χ1v) is 8.13. The molecule has 1 saturated carbocycles. The first-order chi connectivity index (χ1) is 12.0. The van der Waals surface area contributed by atoms with E-state index in [0.717, 1.165) is 12.8 Å². The molecule has 1 aromatic carbocycles. The summed E-state index contributed by atoms with van der Waals surface area (Å²) in [4.78, 5) is 27.8. The number of carboxylic acids is 1. The minimum absolute atomic E-state index is 0.0934. The fraction of sp³-hybridized carbons (Fsp3) is 0.375. The predicted molar refractivity (Wildman–Crippen MR) is 89.1 cm³/mol. The van der Waals surface area contributed by atoms with Gasteiger partial charge in [-0.1, -0.05) is 23.7 Å². The van der Waals surface area contributed by atoms with Crippen LogP contribution in [0.3, 0.4) is 0 Å². The summed E-state index contributed by atoms with van der Waals surface area (Å²) in [5, 5.41) is 16.2. The van der Waals surface area contributed by atoms with Crippen LogP contribution in [0, 0.1) is 0 Å². The maximum absolute atomic E-state index is 12.4. The van der Waals surface area contributed by atoms with Gasteiger partial charge < -0.3 is 15.2 Å². The number of nitrogens with one attached hydrogen (secondary N) is 1. The Morgan fingerprint density at radius 2 is 2.16 bits per heavy atom. The molecule has 2 N–H and O–H groups in total. The number of carbonyl (C=O) groups excluding carboxylic acids is 1. The van der Waals surface area contributed by atoms with Gasteiger partial charge in [-0.05, 0) is 25.0 Å². The number of nitrogens with zero attached hydrogens (tertiary/aromatic N) is 3. The highest BCUT2D eigenvalue weighted by Crippen LogP contribution is 2.40. The number of methoxy groups -OCH3 is 1. The lowest BCUT2D eigenvalue weighted by Crippen LogP contribution is -2.44. The summed E-state index contributed by atoms with van der Waals surface area (Å²) in [6.07, 6.45) is 1.93. The molecule has 1 aliphatic rings. The van der Waals surface area contributed by atoms with E-state index in [4.69, 9.17) is 21.4 Å². The third-order valence-corrected chi connectivity index (χ3v) is 4.11. The van der Waals surface area contributed by atoms with Crippen molar-refractivity contribution in [1.29, 1.82) is 0 Å². The quantitative estimate of drug-likeness (QED) is 0.773. The van der Waals surface area contributed by atoms with E-state index < -0.39 is 17.9 Å². The average Bonchev–Trinajstić information content (AvgIpc) is 3.33. The minimum atomic E-state index is -1.19. The largest absolute Gasteiger partial charge is 0.480 e. The van der Waals surface area contributed by atoms with Gasteiger partial charge in [-0.15, -0.1) is 5.10 Å². The topological polar surface area (TPSA) is 106 Å². The highest BCUT2D eigenvalue weighted by molar-refractivity contribution is 6.32. The molecule has 0 saturated heterocycles. The van der Waals surface area contributed by atoms with E-state index in [1.165, 1.54) is 7.11 Å². The molecule has 0 radical (unpaired) electrons. The summed E-state index contributed by atoms with van der Waals surface area (Å²) in [6.45, 7) is -0.151. The minimum Gasteiger partial charge on any atom is -0.480 e. The van der Waals surface area contributed by atoms with Crippen molar-refractivity contribution in [3.8, 4) is 5.69 Å². The van der Waals surface area contributed by atoms with E-state index in [2.05, 4.69) is 15.4 Å². The van der Waals surface area contributed by atoms with Gasteiger partial charge >= 0.3 is 5.97 Å². The smallest absolute Gasteiger partial charge is 0.328 e. The van der Waals surface area contributed by atoms with E-state index in [0.29, 0.717) is 16.5 Å². The van der Waals surface area contributed by atoms with Crippen molar-refractivity contribution in [1.82, 2.24) is 20.1 Å². The number of carboxylic acid groups (broad SMARTS) is 1. The van der Waals surface area contributed by atoms with Crippen LogP contribution in [0.5, 0.6) is 0 Å². The van der Waals surface area contributed by atoms with Crippen LogP contribution in [-0.2, 0) is 9.53 Å². The number of hydrogen-bond acceptors (Lipinski definition) is 5. The van der Waals surface area contributed by atoms with Gasteiger partial charge in [-0.25, -0.2) is 14.5 Å². The molecule has 0 aliphatic heterocycles. The van der Waals surface area contributed by atoms with Crippen molar-refractivity contribution in [2.24, 2.45) is 0 Å². The molecule has 9 heteroatoms. The number of halogens is 1. The summed E-state index contributed by atoms with van der Waals surface area (Å²) in [7, 11) is 1.36. The lowest BCUT2D eigenvalue weighted by molar-refractivity contribution is -0.140. The lowest BCUT2D eigenvalue weighted by Gasteiger charge is -2.11. The van der Waals surface area contributed by atoms with Crippen LogP contribution in [0.4, 0.5) is 0 Å². The van der Waals surface area contributed by atoms with Crippen LogP contribution in [0.1, 0.15) is 35.2 Å². The molecule has 3 rings (SSSR count). The van der Waals surface area contributed by atoms with Crippen LogP contribution >= 0.6 is 11.6 Å². The first kappa shape index (κ1) is 17.4. The molecule has 1 unspecified atom stereocenters. The van der Waals surface area contributed by atoms with Crippen LogP contribution in [0.25, 0.3) is 5.69 Å². The molecule has 0 bridgehead atoms. The molecule has 25 heavy (non-hydrogen) atoms. The Morgan fingerprint density at radius 3 is 2.76 bits per heavy atom. The highest BCUT2D eigenvalue weighted by atomic mass is 35.5. The molecule has 1 amide bonds. The van der Waals surface area contributed by atoms with E-state index in [1.807, 2.05) is 6.07 Å². The zero-order chi connectivity index (χ0) is 18.0. The number of hydrogen-bond donors (Lipinski definition) is 2. The number of amides is 1. The Bertz CT molecular complexity index is 803. The van der Waals surface area contributed by atoms with Gasteiger partial charge in [0.2, 0.25) is 5.82 Å². The molecule has 132 valence electrons. The van der Waals surface area contributed by atoms with Gasteiger partial charge in [-0.3, -0.25) is 4.79 Å². The Kier molecular flexibility index (Phi) is 5.00. The molecular formula is C16H17ClN4O4. The third-order valence-electron chi connectivity index (χ3n) is 3.80. The summed E-state index contributed by atoms with van der Waals surface area (Å²) in [6, 6.07) is 5.96. The lowest BCUT2D eigenvalue weighted by atomic mass is 10.3. The van der Waals surface area contributed by atoms with Crippen LogP contribution in [-0.4, -0.2) is 51.5 Å². The highest BCUT2D eigenvalue weighted by Gasteiger charge is 2.32. The number of aromatic nitrogens is 3. The molecule has 0 spiro atoms. The number of carbonyl (C=O) groups is 2. The molecule has 1 aromatic heterocycles. The van der Waals surface area contributed by atoms with Gasteiger partial charge in [0, 0.05) is 13.0 Å². The fourth-order valence-corrected chi connectivity index (χ4v) is 2.61. The van der Waals surface area contributed by atoms with E-state index in [1.54, 1.807) is 22.9 Å². The van der Waals surface area contributed by atoms with Gasteiger partial charge in [-0.2, -0.15) is 0 Å². The van der Waals surface area contributed by atoms with Crippen molar-refractivity contribution < 1.29 is 19.4 Å². The number of aliphatic carboxylic acids is 1. The van der Waals surface area contributed by atoms with Crippen LogP contribution in [0.2, 0.25) is 5.02 Å². The zero-order valence-electron chi connectivity index (χ0n) is 13.5. The maximum Gasteiger partial charge on any atom is 0.328 e. The number of benzene rings is 1. The molecule has 1 fully saturated rings. The summed E-state index contributed by atoms with van der Waals surface area (Å²) in [5.41, 5.74) is 0.629. The van der Waals surface area contributed by atoms with Gasteiger partial charge in [0.1, 0.15) is 5.82 Å². The summed E-state index contributed by atoms with van der Waals surface area (Å²) < 4.78 is 6.36. The van der Waals surface area contributed by atoms with Crippen molar-refractivity contribution in [2.75, 3.05) is 13.7 Å². The molecule has 8 nitrogen and oxygen atoms in total. The van der Waals surface area contributed by atoms with Crippen LogP contribution < -0.4 is 5.32 Å². The first-order valence-electron chi connectivity index (χ1n) is 7.75. The molecular weight excluding hydrogens is 348 g/mol. The second kappa shape index (κ2) is 7.20. The molecule has 2 aromatic rings. The third kappa shape index (κ3) is 3.80. The van der Waals surface area contributed by atoms with Gasteiger partial charge in [0.25, 0.3) is 5.91 Å². The van der Waals surface area contributed by atoms with E-state index in [-0.39, 0.29) is 18.3 Å². The number of para-hydroxylation sites is 1. The maximum atomic E-state index is 12.4. The van der Waals surface area contributed by atoms with Crippen molar-refractivity contribution in [2.45, 2.75) is 24.8 Å². The summed E-state index contributed by atoms with van der Waals surface area (Å²) in [5.74, 6) is -1.08. The van der Waals surface area contributed by atoms with Crippen molar-refractivity contribution in [3.63, 3.8) is 0 Å². The van der Waals surface area contributed by atoms with Crippen molar-refractivity contribution >= 4 is 23.5 Å². The average molecular weight is 365 g/mol. The normalized spacial score (nSPS) is 15.0. The standard InChI is InChI=1S/C16H17ClN4O4/c1-25-8-11(16(23)24)18-15(22)13-19-14(9-6-7-9)21(20-13)12-5-3-2-4-10(12)17/h2-5,9,11H,6-8H2,1H3,(H,18,22)(H,23,24). The second-order valence-electron chi connectivity index (χ2n) is 5.75. The molecule has 1 heterocycles. The predicted octanol–water partition coefficient (Wildman–Crippen LogP) is 1.63. The van der Waals surface area contributed by atoms with Gasteiger partial charge in [0.05, 0.1) is 17.3 Å². The summed E-state index contributed by atoms with van der Waals surface area (Å²) >= 11 is 6.23. The Labute approximate surface area is 148 Å². The zero-order valence-corrected chi connectivity index (χ0v) is 14.2. The van der Waals surface area contributed by atoms with Crippen molar-refractivity contribution in [3.05, 3.63) is 40.9 Å². The SMILES string of the molecule is COCC(NC(=O)c1nc(C2CC2)n(-c2ccccc2Cl)n1)C(=O)O. The second-order valence-corrected chi connectivity index (χ2v) is 6.16. The van der Waals surface area contributed by atoms with E-state index >= 15 is 0 Å².